The summed E-state index contributed by atoms with van der Waals surface area (Å²) in [5, 5.41) is 11.6. The van der Waals surface area contributed by atoms with Gasteiger partial charge in [0.25, 0.3) is 0 Å². The second-order valence-corrected chi connectivity index (χ2v) is 32.0. The molecule has 0 saturated carbocycles. The summed E-state index contributed by atoms with van der Waals surface area (Å²) < 4.78 is 16.0. The highest BCUT2D eigenvalue weighted by Crippen LogP contribution is 2.59. The molecule has 4 aliphatic carbocycles. The van der Waals surface area contributed by atoms with E-state index in [1.165, 1.54) is 61.2 Å². The summed E-state index contributed by atoms with van der Waals surface area (Å²) >= 11 is 17.7. The Morgan fingerprint density at radius 3 is 1.04 bits per heavy atom. The van der Waals surface area contributed by atoms with Gasteiger partial charge in [-0.2, -0.15) is 0 Å². The van der Waals surface area contributed by atoms with Gasteiger partial charge in [0.15, 0.2) is 12.1 Å². The van der Waals surface area contributed by atoms with Gasteiger partial charge in [-0.15, -0.1) is 0 Å². The number of ether oxygens (including phenoxy) is 2. The highest BCUT2D eigenvalue weighted by molar-refractivity contribution is 9.11. The first-order chi connectivity index (χ1) is 55.7. The first kappa shape index (κ1) is 82.3. The molecule has 3 unspecified atom stereocenters. The predicted octanol–water partition coefficient (Wildman–Crippen LogP) is 28.1. The Morgan fingerprint density at radius 2 is 0.617 bits per heavy atom. The Hall–Kier alpha value is -10.7. The third kappa shape index (κ3) is 16.5. The fourth-order valence-electron chi connectivity index (χ4n) is 16.0. The Kier molecular flexibility index (Phi) is 26.7. The number of fused-ring (bicyclic) bond motifs is 12. The molecule has 0 aliphatic heterocycles. The molecule has 0 bridgehead atoms. The van der Waals surface area contributed by atoms with Crippen molar-refractivity contribution >= 4 is 104 Å². The van der Waals surface area contributed by atoms with Gasteiger partial charge in [0, 0.05) is 74.5 Å². The zero-order valence-corrected chi connectivity index (χ0v) is 70.4. The van der Waals surface area contributed by atoms with Crippen LogP contribution in [0.25, 0.3) is 50.6 Å². The molecular formula is C104H81Br5O6. The maximum absolute atomic E-state index is 12.0. The van der Waals surface area contributed by atoms with Crippen molar-refractivity contribution in [1.82, 2.24) is 0 Å². The van der Waals surface area contributed by atoms with Gasteiger partial charge in [0.2, 0.25) is 0 Å². The van der Waals surface area contributed by atoms with Crippen LogP contribution in [-0.4, -0.2) is 36.7 Å². The minimum absolute atomic E-state index is 0. The van der Waals surface area contributed by atoms with Crippen LogP contribution in [0.15, 0.2) is 393 Å². The van der Waals surface area contributed by atoms with E-state index in [1.807, 2.05) is 190 Å². The Bertz CT molecular complexity index is 5710. The van der Waals surface area contributed by atoms with Gasteiger partial charge >= 0.3 is 0 Å². The number of hydrogen-bond donors (Lipinski definition) is 1. The number of benzene rings is 15. The highest BCUT2D eigenvalue weighted by Gasteiger charge is 2.48. The van der Waals surface area contributed by atoms with Gasteiger partial charge in [-0.05, 0) is 175 Å². The maximum Gasteiger partial charge on any atom is 0.194 e. The molecule has 0 fully saturated rings. The van der Waals surface area contributed by atoms with Crippen LogP contribution >= 0.6 is 79.6 Å². The molecule has 568 valence electrons. The largest absolute Gasteiger partial charge is 0.376 e. The van der Waals surface area contributed by atoms with Crippen molar-refractivity contribution in [2.45, 2.75) is 44.0 Å². The lowest BCUT2D eigenvalue weighted by atomic mass is 9.67. The summed E-state index contributed by atoms with van der Waals surface area (Å²) in [6.45, 7) is 9.14. The van der Waals surface area contributed by atoms with E-state index in [4.69, 9.17) is 9.47 Å². The molecule has 15 aromatic carbocycles. The van der Waals surface area contributed by atoms with Crippen LogP contribution < -0.4 is 0 Å². The average Bonchev–Trinajstić information content (AvgIpc) is 1.55. The van der Waals surface area contributed by atoms with Gasteiger partial charge in [0.05, 0.1) is 10.8 Å². The SMILES string of the molecule is C.C=Cc1ccc(C2(c3ccccc3)c3ccccc3-c3ccc(Br)cc32)cc1.CCOC(OCC)c1ccc(Br)cc1.O=C1c2ccccc2-c2ccc(Br)cc21.O=Cc1ccc(C2(O)c3ccccc3-c3ccc(Br)cc32)cc1.O=Cc1ccc(C2(c3ccccc3)c3ccccc3-c3ccc(Br)cc32)cc1.c1ccccc1. The fraction of sp³-hybridized carbons (Fsp3) is 0.0865. The zero-order chi connectivity index (χ0) is 79.4. The number of halogens is 5. The molecule has 6 nitrogen and oxygen atoms in total. The minimum atomic E-state index is -1.21. The summed E-state index contributed by atoms with van der Waals surface area (Å²) in [7, 11) is 0. The van der Waals surface area contributed by atoms with Crippen molar-refractivity contribution in [1.29, 1.82) is 0 Å². The second kappa shape index (κ2) is 37.3. The minimum Gasteiger partial charge on any atom is -0.376 e. The highest BCUT2D eigenvalue weighted by atomic mass is 79.9. The monoisotopic (exact) mass is 1820 g/mol. The Morgan fingerprint density at radius 1 is 0.313 bits per heavy atom. The summed E-state index contributed by atoms with van der Waals surface area (Å²) in [5.41, 5.74) is 25.0. The lowest BCUT2D eigenvalue weighted by molar-refractivity contribution is -0.140. The van der Waals surface area contributed by atoms with Gasteiger partial charge < -0.3 is 14.6 Å². The molecule has 0 amide bonds. The maximum atomic E-state index is 12.0. The predicted molar refractivity (Wildman–Crippen MR) is 488 cm³/mol. The van der Waals surface area contributed by atoms with Crippen molar-refractivity contribution in [2.75, 3.05) is 13.2 Å². The van der Waals surface area contributed by atoms with Crippen molar-refractivity contribution in [3.8, 4) is 44.5 Å². The summed E-state index contributed by atoms with van der Waals surface area (Å²) in [6, 6.07) is 123. The smallest absolute Gasteiger partial charge is 0.194 e. The quantitative estimate of drug-likeness (QED) is 0.0914. The number of rotatable bonds is 13. The first-order valence-corrected chi connectivity index (χ1v) is 41.5. The molecule has 15 aromatic rings. The lowest BCUT2D eigenvalue weighted by Crippen LogP contribution is -2.28. The lowest BCUT2D eigenvalue weighted by Gasteiger charge is -2.34. The fourth-order valence-corrected chi connectivity index (χ4v) is 17.7. The van der Waals surface area contributed by atoms with Crippen molar-refractivity contribution in [3.63, 3.8) is 0 Å². The third-order valence-corrected chi connectivity index (χ3v) is 23.6. The van der Waals surface area contributed by atoms with Crippen LogP contribution in [0.2, 0.25) is 0 Å². The third-order valence-electron chi connectivity index (χ3n) is 21.1. The van der Waals surface area contributed by atoms with Crippen LogP contribution in [-0.2, 0) is 25.9 Å². The molecule has 3 atom stereocenters. The first-order valence-electron chi connectivity index (χ1n) is 37.5. The molecule has 0 heterocycles. The molecule has 0 aromatic heterocycles. The van der Waals surface area contributed by atoms with Gasteiger partial charge in [-0.3, -0.25) is 14.4 Å². The van der Waals surface area contributed by atoms with Gasteiger partial charge in [-0.1, -0.05) is 403 Å². The van der Waals surface area contributed by atoms with E-state index < -0.39 is 11.0 Å². The van der Waals surface area contributed by atoms with E-state index in [2.05, 4.69) is 268 Å². The van der Waals surface area contributed by atoms with E-state index in [1.54, 1.807) is 12.1 Å². The van der Waals surface area contributed by atoms with Crippen LogP contribution in [0.5, 0.6) is 0 Å². The molecule has 11 heteroatoms. The number of hydrogen-bond acceptors (Lipinski definition) is 6. The summed E-state index contributed by atoms with van der Waals surface area (Å²) in [5.74, 6) is 0.127. The number of carbonyl (C=O) groups is 3. The van der Waals surface area contributed by atoms with E-state index in [-0.39, 0.29) is 24.9 Å². The molecule has 115 heavy (non-hydrogen) atoms. The number of aliphatic hydroxyl groups is 1. The molecule has 0 spiro atoms. The van der Waals surface area contributed by atoms with Crippen molar-refractivity contribution < 1.29 is 29.0 Å². The summed E-state index contributed by atoms with van der Waals surface area (Å²) in [6.07, 6.45) is 3.36. The van der Waals surface area contributed by atoms with Crippen molar-refractivity contribution in [2.24, 2.45) is 0 Å². The Balaban J connectivity index is 0.000000125. The second-order valence-electron chi connectivity index (χ2n) is 27.5. The molecule has 19 rings (SSSR count). The number of ketones is 1. The van der Waals surface area contributed by atoms with Gasteiger partial charge in [-0.25, -0.2) is 0 Å². The van der Waals surface area contributed by atoms with E-state index in [0.29, 0.717) is 24.3 Å². The van der Waals surface area contributed by atoms with E-state index in [0.717, 1.165) is 102 Å². The van der Waals surface area contributed by atoms with Crippen LogP contribution in [0, 0.1) is 0 Å². The zero-order valence-electron chi connectivity index (χ0n) is 62.5. The molecular weight excluding hydrogens is 1740 g/mol. The molecule has 0 radical (unpaired) electrons. The standard InChI is InChI=1S/C27H19Br.C26H17BrO.C20H13BrO2.C13H7BrO.C11H15BrO2.C6H6.CH4/c1-2-19-12-14-21(15-13-19)27(20-8-4-3-5-9-20)25-11-7-6-10-23(25)24-17-16-22(28)18-26(24)27;27-21-14-15-23-22-8-4-5-9-24(22)26(25(23)16-21,19-6-2-1-3-7-19)20-12-10-18(17-28)11-13-20;21-15-9-10-17-16-3-1-2-4-18(16)20(23,19(17)11-15)14-7-5-13(12-22)6-8-14;14-8-5-6-10-9-3-1-2-4-11(9)13(15)12(10)7-8;1-3-13-11(14-4-2)9-5-7-10(12)8-6-9;1-2-4-6-5-3-1;/h2-18H,1H2;1-17H;1-12,23H;1-7H;5-8,11H,3-4H2,1-2H3;1-6H;1H4. The number of aldehydes is 2. The van der Waals surface area contributed by atoms with E-state index in [9.17, 15) is 19.5 Å². The normalized spacial score (nSPS) is 15.3. The van der Waals surface area contributed by atoms with Crippen LogP contribution in [0.1, 0.15) is 137 Å². The van der Waals surface area contributed by atoms with Gasteiger partial charge in [0.1, 0.15) is 18.2 Å². The Labute approximate surface area is 716 Å². The molecule has 4 aliphatic rings. The number of carbonyl (C=O) groups excluding carboxylic acids is 3. The summed E-state index contributed by atoms with van der Waals surface area (Å²) in [4.78, 5) is 34.1. The van der Waals surface area contributed by atoms with Crippen molar-refractivity contribution in [3.05, 3.63) is 488 Å². The molecule has 0 saturated heterocycles. The molecule has 1 N–H and O–H groups in total. The topological polar surface area (TPSA) is 89.9 Å². The van der Waals surface area contributed by atoms with Crippen LogP contribution in [0.4, 0.5) is 0 Å². The van der Waals surface area contributed by atoms with Crippen LogP contribution in [0.3, 0.4) is 0 Å². The average molecular weight is 1830 g/mol. The van der Waals surface area contributed by atoms with E-state index >= 15 is 0 Å².